The molecule has 4 nitrogen and oxygen atoms in total. The second-order valence-corrected chi connectivity index (χ2v) is 17.1. The maximum atomic E-state index is 6.84. The van der Waals surface area contributed by atoms with E-state index in [2.05, 4.69) is 48.5 Å². The number of fused-ring (bicyclic) bond motifs is 1. The fourth-order valence-corrected chi connectivity index (χ4v) is 11.6. The molecule has 6 rings (SSSR count). The third kappa shape index (κ3) is 5.01. The summed E-state index contributed by atoms with van der Waals surface area (Å²) in [7, 11) is 0. The molecule has 194 valence electrons. The fraction of sp³-hybridized carbons (Fsp3) is 0.200. The van der Waals surface area contributed by atoms with Gasteiger partial charge in [-0.25, -0.2) is 0 Å². The smallest absolute Gasteiger partial charge is 0.123 e. The minimum absolute atomic E-state index is 0.273. The number of hydrogen-bond donors (Lipinski definition) is 0. The number of rotatable bonds is 8. The van der Waals surface area contributed by atoms with Gasteiger partial charge in [0.15, 0.2) is 0 Å². The summed E-state index contributed by atoms with van der Waals surface area (Å²) in [6, 6.07) is 40.5. The Balaban J connectivity index is 1.26. The Hall–Kier alpha value is -1.98. The van der Waals surface area contributed by atoms with E-state index in [-0.39, 0.29) is 24.4 Å². The van der Waals surface area contributed by atoms with E-state index in [9.17, 15) is 0 Å². The minimum Gasteiger partial charge on any atom is -0.370 e. The van der Waals surface area contributed by atoms with Gasteiger partial charge in [0.1, 0.15) is 36.9 Å². The summed E-state index contributed by atoms with van der Waals surface area (Å²) in [5, 5.41) is 4.05. The summed E-state index contributed by atoms with van der Waals surface area (Å²) in [4.78, 5) is 0. The summed E-state index contributed by atoms with van der Waals surface area (Å²) in [5.41, 5.74) is 0. The number of hydrogen-bond acceptors (Lipinski definition) is 6. The van der Waals surface area contributed by atoms with E-state index in [0.29, 0.717) is 13.2 Å². The molecule has 38 heavy (non-hydrogen) atoms. The van der Waals surface area contributed by atoms with Gasteiger partial charge in [0.25, 0.3) is 0 Å². The second-order valence-electron chi connectivity index (χ2n) is 9.33. The summed E-state index contributed by atoms with van der Waals surface area (Å²) in [5.74, 6) is 0. The molecule has 0 saturated carbocycles. The van der Waals surface area contributed by atoms with Gasteiger partial charge in [-0.2, -0.15) is 0 Å². The van der Waals surface area contributed by atoms with Crippen LogP contribution in [0.3, 0.4) is 0 Å². The van der Waals surface area contributed by atoms with Crippen molar-refractivity contribution in [3.05, 3.63) is 121 Å². The van der Waals surface area contributed by atoms with Gasteiger partial charge in [-0.1, -0.05) is 145 Å². The Kier molecular flexibility index (Phi) is 7.77. The van der Waals surface area contributed by atoms with Crippen LogP contribution in [0.5, 0.6) is 0 Å². The standard InChI is InChI=1S/C30H28O4P2S2/c37-35(23-13-5-1-6-14-23,24-15-7-2-8-16-24)33-27-21-31-30-28(22-32-29(27)30)34-36(38,25-17-9-3-10-18-25)26-19-11-4-12-20-26/h1-20,27-30H,21-22H2. The minimum atomic E-state index is -2.56. The third-order valence-electron chi connectivity index (χ3n) is 6.91. The molecule has 2 aliphatic heterocycles. The van der Waals surface area contributed by atoms with Crippen molar-refractivity contribution in [2.75, 3.05) is 13.2 Å². The Bertz CT molecular complexity index is 1260. The molecule has 0 amide bonds. The van der Waals surface area contributed by atoms with E-state index in [1.807, 2.05) is 72.8 Å². The lowest BCUT2D eigenvalue weighted by molar-refractivity contribution is 0.0263. The molecule has 2 heterocycles. The van der Waals surface area contributed by atoms with Gasteiger partial charge in [-0.15, -0.1) is 0 Å². The van der Waals surface area contributed by atoms with Crippen molar-refractivity contribution < 1.29 is 18.5 Å². The molecular formula is C30H28O4P2S2. The van der Waals surface area contributed by atoms with Crippen LogP contribution >= 0.6 is 12.5 Å². The van der Waals surface area contributed by atoms with Crippen molar-refractivity contribution >= 4 is 57.4 Å². The first kappa shape index (κ1) is 26.3. The lowest BCUT2D eigenvalue weighted by atomic mass is 10.1. The first-order valence-corrected chi connectivity index (χ1v) is 18.0. The molecule has 2 fully saturated rings. The fourth-order valence-electron chi connectivity index (χ4n) is 5.03. The van der Waals surface area contributed by atoms with Crippen LogP contribution in [-0.4, -0.2) is 37.6 Å². The van der Waals surface area contributed by atoms with Gasteiger partial charge in [-0.05, 0) is 0 Å². The van der Waals surface area contributed by atoms with Crippen molar-refractivity contribution in [2.45, 2.75) is 24.4 Å². The molecule has 0 spiro atoms. The van der Waals surface area contributed by atoms with E-state index < -0.39 is 12.5 Å². The molecule has 8 heteroatoms. The molecule has 0 N–H and O–H groups in total. The number of ether oxygens (including phenoxy) is 2. The Labute approximate surface area is 234 Å². The molecule has 4 aromatic carbocycles. The van der Waals surface area contributed by atoms with Gasteiger partial charge in [0.05, 0.1) is 13.2 Å². The van der Waals surface area contributed by atoms with Crippen LogP contribution in [0.4, 0.5) is 0 Å². The molecule has 2 saturated heterocycles. The zero-order valence-corrected chi connectivity index (χ0v) is 24.0. The van der Waals surface area contributed by atoms with Crippen molar-refractivity contribution in [1.82, 2.24) is 0 Å². The highest BCUT2D eigenvalue weighted by molar-refractivity contribution is 8.19. The molecule has 0 aliphatic carbocycles. The van der Waals surface area contributed by atoms with Crippen LogP contribution in [0.2, 0.25) is 0 Å². The number of benzene rings is 4. The van der Waals surface area contributed by atoms with Gasteiger partial charge >= 0.3 is 0 Å². The zero-order chi connectivity index (χ0) is 26.0. The first-order valence-electron chi connectivity index (χ1n) is 12.6. The molecule has 0 bridgehead atoms. The second kappa shape index (κ2) is 11.3. The Morgan fingerprint density at radius 1 is 0.474 bits per heavy atom. The highest BCUT2D eigenvalue weighted by Crippen LogP contribution is 2.51. The summed E-state index contributed by atoms with van der Waals surface area (Å²) < 4.78 is 26.3. The van der Waals surface area contributed by atoms with Crippen LogP contribution < -0.4 is 21.2 Å². The molecule has 4 aromatic rings. The van der Waals surface area contributed by atoms with E-state index >= 15 is 0 Å². The maximum absolute atomic E-state index is 6.84. The van der Waals surface area contributed by atoms with Crippen molar-refractivity contribution in [1.29, 1.82) is 0 Å². The monoisotopic (exact) mass is 578 g/mol. The van der Waals surface area contributed by atoms with E-state index in [1.165, 1.54) is 0 Å². The average Bonchev–Trinajstić information content (AvgIpc) is 3.57. The normalized spacial score (nSPS) is 23.3. The first-order chi connectivity index (χ1) is 18.6. The van der Waals surface area contributed by atoms with E-state index in [4.69, 9.17) is 42.1 Å². The zero-order valence-electron chi connectivity index (χ0n) is 20.6. The predicted molar refractivity (Wildman–Crippen MR) is 162 cm³/mol. The largest absolute Gasteiger partial charge is 0.370 e. The predicted octanol–water partition coefficient (Wildman–Crippen LogP) is 4.65. The van der Waals surface area contributed by atoms with Crippen LogP contribution in [-0.2, 0) is 42.1 Å². The topological polar surface area (TPSA) is 36.9 Å². The van der Waals surface area contributed by atoms with Gasteiger partial charge < -0.3 is 18.5 Å². The molecule has 2 aliphatic rings. The van der Waals surface area contributed by atoms with Crippen LogP contribution in [0.1, 0.15) is 0 Å². The highest BCUT2D eigenvalue weighted by Gasteiger charge is 2.52. The molecule has 4 atom stereocenters. The van der Waals surface area contributed by atoms with Crippen molar-refractivity contribution in [3.63, 3.8) is 0 Å². The average molecular weight is 579 g/mol. The van der Waals surface area contributed by atoms with Crippen molar-refractivity contribution in [2.24, 2.45) is 0 Å². The van der Waals surface area contributed by atoms with Crippen LogP contribution in [0, 0.1) is 0 Å². The summed E-state index contributed by atoms with van der Waals surface area (Å²) in [6.45, 7) is 0.791. The quantitative estimate of drug-likeness (QED) is 0.284. The van der Waals surface area contributed by atoms with Crippen molar-refractivity contribution in [3.8, 4) is 0 Å². The highest BCUT2D eigenvalue weighted by atomic mass is 32.4. The Morgan fingerprint density at radius 3 is 1.00 bits per heavy atom. The SMILES string of the molecule is S=P(OC1COC2C(OP(=S)(c3ccccc3)c3ccccc3)COC12)(c1ccccc1)c1ccccc1. The lowest BCUT2D eigenvalue weighted by Gasteiger charge is -2.29. The van der Waals surface area contributed by atoms with E-state index in [1.54, 1.807) is 0 Å². The summed E-state index contributed by atoms with van der Waals surface area (Å²) in [6.07, 6.45) is -6.27. The molecule has 0 aromatic heterocycles. The van der Waals surface area contributed by atoms with Crippen LogP contribution in [0.15, 0.2) is 121 Å². The third-order valence-corrected chi connectivity index (χ3v) is 15.0. The molecular weight excluding hydrogens is 550 g/mol. The molecule has 4 unspecified atom stereocenters. The molecule has 0 radical (unpaired) electrons. The van der Waals surface area contributed by atoms with Gasteiger partial charge in [-0.3, -0.25) is 0 Å². The van der Waals surface area contributed by atoms with Crippen LogP contribution in [0.25, 0.3) is 0 Å². The maximum Gasteiger partial charge on any atom is 0.123 e. The van der Waals surface area contributed by atoms with E-state index in [0.717, 1.165) is 21.2 Å². The summed E-state index contributed by atoms with van der Waals surface area (Å²) >= 11 is 12.6. The lowest BCUT2D eigenvalue weighted by Crippen LogP contribution is -2.36. The van der Waals surface area contributed by atoms with Gasteiger partial charge in [0.2, 0.25) is 0 Å². The van der Waals surface area contributed by atoms with Gasteiger partial charge in [0, 0.05) is 21.2 Å². The Morgan fingerprint density at radius 2 is 0.737 bits per heavy atom.